The summed E-state index contributed by atoms with van der Waals surface area (Å²) in [5.41, 5.74) is 6.59. The highest BCUT2D eigenvalue weighted by Crippen LogP contribution is 2.23. The first kappa shape index (κ1) is 15.5. The normalized spacial score (nSPS) is 11.6. The molecule has 0 aromatic heterocycles. The zero-order valence-electron chi connectivity index (χ0n) is 11.2. The largest absolute Gasteiger partial charge is 0.468 e. The molecular formula is C12H18N2O4S. The Morgan fingerprint density at radius 2 is 2.05 bits per heavy atom. The molecule has 0 atom stereocenters. The van der Waals surface area contributed by atoms with Crippen LogP contribution in [0.4, 0.5) is 5.69 Å². The molecule has 0 radical (unpaired) electrons. The van der Waals surface area contributed by atoms with Gasteiger partial charge in [-0.05, 0) is 24.6 Å². The van der Waals surface area contributed by atoms with Crippen LogP contribution in [-0.4, -0.2) is 38.9 Å². The summed E-state index contributed by atoms with van der Waals surface area (Å²) in [6.45, 7) is 3.14. The molecule has 0 saturated heterocycles. The molecule has 0 aliphatic carbocycles. The molecule has 19 heavy (non-hydrogen) atoms. The van der Waals surface area contributed by atoms with E-state index in [2.05, 4.69) is 4.74 Å². The average molecular weight is 286 g/mol. The molecule has 2 N–H and O–H groups in total. The van der Waals surface area contributed by atoms with Crippen molar-refractivity contribution in [1.82, 2.24) is 4.31 Å². The van der Waals surface area contributed by atoms with Crippen molar-refractivity contribution >= 4 is 21.7 Å². The quantitative estimate of drug-likeness (QED) is 0.637. The van der Waals surface area contributed by atoms with Crippen molar-refractivity contribution in [2.45, 2.75) is 18.7 Å². The second-order valence-electron chi connectivity index (χ2n) is 3.98. The van der Waals surface area contributed by atoms with E-state index in [1.165, 1.54) is 13.2 Å². The third-order valence-corrected chi connectivity index (χ3v) is 4.89. The number of nitrogen functional groups attached to an aromatic ring is 1. The molecule has 0 heterocycles. The molecule has 6 nitrogen and oxygen atoms in total. The Morgan fingerprint density at radius 3 is 2.58 bits per heavy atom. The molecule has 0 bridgehead atoms. The van der Waals surface area contributed by atoms with Gasteiger partial charge in [-0.25, -0.2) is 8.42 Å². The van der Waals surface area contributed by atoms with Crippen molar-refractivity contribution in [3.05, 3.63) is 23.8 Å². The van der Waals surface area contributed by atoms with Crippen molar-refractivity contribution in [2.75, 3.05) is 25.9 Å². The van der Waals surface area contributed by atoms with E-state index >= 15 is 0 Å². The minimum Gasteiger partial charge on any atom is -0.468 e. The number of carbonyl (C=O) groups excluding carboxylic acids is 1. The number of nitrogens with zero attached hydrogens (tertiary/aromatic N) is 1. The lowest BCUT2D eigenvalue weighted by atomic mass is 10.2. The highest BCUT2D eigenvalue weighted by Gasteiger charge is 2.27. The van der Waals surface area contributed by atoms with Gasteiger partial charge in [0.2, 0.25) is 10.0 Å². The Hall–Kier alpha value is -1.60. The van der Waals surface area contributed by atoms with Gasteiger partial charge in [-0.1, -0.05) is 13.0 Å². The average Bonchev–Trinajstić information content (AvgIpc) is 2.38. The summed E-state index contributed by atoms with van der Waals surface area (Å²) in [4.78, 5) is 11.4. The number of carbonyl (C=O) groups is 1. The van der Waals surface area contributed by atoms with Crippen molar-refractivity contribution in [3.8, 4) is 0 Å². The van der Waals surface area contributed by atoms with Crippen molar-refractivity contribution in [3.63, 3.8) is 0 Å². The number of nitrogens with two attached hydrogens (primary N) is 1. The van der Waals surface area contributed by atoms with E-state index in [0.717, 1.165) is 4.31 Å². The van der Waals surface area contributed by atoms with Crippen LogP contribution in [0.2, 0.25) is 0 Å². The first-order chi connectivity index (χ1) is 8.84. The SMILES string of the molecule is CCN(CC(=O)OC)S(=O)(=O)c1cccc(N)c1C. The number of esters is 1. The number of ether oxygens (including phenoxy) is 1. The van der Waals surface area contributed by atoms with Gasteiger partial charge in [-0.3, -0.25) is 4.79 Å². The Bertz CT molecular complexity index is 569. The van der Waals surface area contributed by atoms with Gasteiger partial charge in [0.15, 0.2) is 0 Å². The molecule has 7 heteroatoms. The minimum atomic E-state index is -3.76. The number of sulfonamides is 1. The predicted octanol–water partition coefficient (Wildman–Crippen LogP) is 0.761. The second-order valence-corrected chi connectivity index (χ2v) is 5.88. The van der Waals surface area contributed by atoms with Crippen LogP contribution in [0.1, 0.15) is 12.5 Å². The molecule has 0 aliphatic rings. The van der Waals surface area contributed by atoms with Gasteiger partial charge >= 0.3 is 5.97 Å². The number of anilines is 1. The van der Waals surface area contributed by atoms with Gasteiger partial charge in [-0.15, -0.1) is 0 Å². The van der Waals surface area contributed by atoms with E-state index < -0.39 is 16.0 Å². The van der Waals surface area contributed by atoms with Gasteiger partial charge < -0.3 is 10.5 Å². The van der Waals surface area contributed by atoms with Crippen LogP contribution >= 0.6 is 0 Å². The standard InChI is InChI=1S/C12H18N2O4S/c1-4-14(8-12(15)18-3)19(16,17)11-7-5-6-10(13)9(11)2/h5-7H,4,8,13H2,1-3H3. The topological polar surface area (TPSA) is 89.7 Å². The van der Waals surface area contributed by atoms with E-state index in [9.17, 15) is 13.2 Å². The van der Waals surface area contributed by atoms with E-state index in [4.69, 9.17) is 5.73 Å². The molecule has 0 spiro atoms. The van der Waals surface area contributed by atoms with Gasteiger partial charge in [-0.2, -0.15) is 4.31 Å². The fourth-order valence-electron chi connectivity index (χ4n) is 1.63. The molecule has 0 saturated carbocycles. The third-order valence-electron chi connectivity index (χ3n) is 2.83. The highest BCUT2D eigenvalue weighted by molar-refractivity contribution is 7.89. The van der Waals surface area contributed by atoms with Crippen molar-refractivity contribution in [2.24, 2.45) is 0 Å². The Labute approximate surface area is 113 Å². The maximum absolute atomic E-state index is 12.5. The van der Waals surface area contributed by atoms with Crippen molar-refractivity contribution in [1.29, 1.82) is 0 Å². The molecule has 1 rings (SSSR count). The smallest absolute Gasteiger partial charge is 0.321 e. The molecular weight excluding hydrogens is 268 g/mol. The van der Waals surface area contributed by atoms with Crippen LogP contribution in [-0.2, 0) is 19.6 Å². The molecule has 1 aromatic carbocycles. The van der Waals surface area contributed by atoms with E-state index in [-0.39, 0.29) is 18.0 Å². The number of rotatable bonds is 5. The fraction of sp³-hybridized carbons (Fsp3) is 0.417. The van der Waals surface area contributed by atoms with Gasteiger partial charge in [0, 0.05) is 12.2 Å². The van der Waals surface area contributed by atoms with Gasteiger partial charge in [0.1, 0.15) is 6.54 Å². The van der Waals surface area contributed by atoms with Gasteiger partial charge in [0.25, 0.3) is 0 Å². The lowest BCUT2D eigenvalue weighted by Crippen LogP contribution is -2.36. The molecule has 0 fully saturated rings. The number of likely N-dealkylation sites (N-methyl/N-ethyl adjacent to an activating group) is 1. The second kappa shape index (κ2) is 6.03. The molecule has 1 aromatic rings. The summed E-state index contributed by atoms with van der Waals surface area (Å²) in [5.74, 6) is -0.605. The predicted molar refractivity (Wildman–Crippen MR) is 72.0 cm³/mol. The third kappa shape index (κ3) is 3.24. The zero-order chi connectivity index (χ0) is 14.6. The lowest BCUT2D eigenvalue weighted by Gasteiger charge is -2.20. The van der Waals surface area contributed by atoms with Crippen LogP contribution < -0.4 is 5.73 Å². The Balaban J connectivity index is 3.21. The van der Waals surface area contributed by atoms with Crippen LogP contribution in [0.3, 0.4) is 0 Å². The number of benzene rings is 1. The van der Waals surface area contributed by atoms with E-state index in [1.807, 2.05) is 0 Å². The minimum absolute atomic E-state index is 0.109. The van der Waals surface area contributed by atoms with E-state index in [0.29, 0.717) is 11.3 Å². The van der Waals surface area contributed by atoms with Gasteiger partial charge in [0.05, 0.1) is 12.0 Å². The number of hydrogen-bond acceptors (Lipinski definition) is 5. The zero-order valence-corrected chi connectivity index (χ0v) is 12.0. The molecule has 0 unspecified atom stereocenters. The van der Waals surface area contributed by atoms with E-state index in [1.54, 1.807) is 26.0 Å². The van der Waals surface area contributed by atoms with Crippen LogP contribution in [0.5, 0.6) is 0 Å². The first-order valence-corrected chi connectivity index (χ1v) is 7.20. The Morgan fingerprint density at radius 1 is 1.42 bits per heavy atom. The van der Waals surface area contributed by atoms with Crippen LogP contribution in [0.25, 0.3) is 0 Å². The number of methoxy groups -OCH3 is 1. The Kier molecular flexibility index (Phi) is 4.90. The lowest BCUT2D eigenvalue weighted by molar-refractivity contribution is -0.140. The summed E-state index contributed by atoms with van der Waals surface area (Å²) < 4.78 is 30.5. The monoisotopic (exact) mass is 286 g/mol. The van der Waals surface area contributed by atoms with Crippen molar-refractivity contribution < 1.29 is 17.9 Å². The summed E-state index contributed by atoms with van der Waals surface area (Å²) in [6.07, 6.45) is 0. The summed E-state index contributed by atoms with van der Waals surface area (Å²) >= 11 is 0. The first-order valence-electron chi connectivity index (χ1n) is 5.76. The molecule has 0 amide bonds. The van der Waals surface area contributed by atoms with Crippen LogP contribution in [0, 0.1) is 6.92 Å². The maximum atomic E-state index is 12.5. The van der Waals surface area contributed by atoms with Crippen LogP contribution in [0.15, 0.2) is 23.1 Å². The number of hydrogen-bond donors (Lipinski definition) is 1. The summed E-state index contributed by atoms with van der Waals surface area (Å²) in [6, 6.07) is 4.67. The fourth-order valence-corrected chi connectivity index (χ4v) is 3.27. The molecule has 0 aliphatic heterocycles. The highest BCUT2D eigenvalue weighted by atomic mass is 32.2. The summed E-state index contributed by atoms with van der Waals surface area (Å²) in [7, 11) is -2.54. The summed E-state index contributed by atoms with van der Waals surface area (Å²) in [5, 5.41) is 0. The molecule has 106 valence electrons. The maximum Gasteiger partial charge on any atom is 0.321 e.